The molecule has 0 aliphatic carbocycles. The molecule has 2 atom stereocenters. The van der Waals surface area contributed by atoms with Gasteiger partial charge in [-0.1, -0.05) is 30.3 Å². The maximum absolute atomic E-state index is 13.3. The van der Waals surface area contributed by atoms with Crippen LogP contribution in [0.4, 0.5) is 20.3 Å². The number of halogens is 2. The molecule has 0 spiro atoms. The van der Waals surface area contributed by atoms with E-state index in [-0.39, 0.29) is 22.7 Å². The van der Waals surface area contributed by atoms with Crippen LogP contribution < -0.4 is 10.0 Å². The summed E-state index contributed by atoms with van der Waals surface area (Å²) in [6, 6.07) is 15.5. The number of sulfonamides is 1. The normalized spacial score (nSPS) is 19.0. The summed E-state index contributed by atoms with van der Waals surface area (Å²) in [5, 5.41) is 3.32. The average molecular weight is 445 g/mol. The van der Waals surface area contributed by atoms with Gasteiger partial charge in [0.05, 0.1) is 11.8 Å². The van der Waals surface area contributed by atoms with Crippen LogP contribution in [0.2, 0.25) is 0 Å². The van der Waals surface area contributed by atoms with Gasteiger partial charge in [-0.05, 0) is 42.7 Å². The van der Waals surface area contributed by atoms with Crippen LogP contribution in [-0.2, 0) is 14.8 Å². The van der Waals surface area contributed by atoms with Crippen LogP contribution in [0, 0.1) is 11.6 Å². The first kappa shape index (κ1) is 21.2. The van der Waals surface area contributed by atoms with Crippen molar-refractivity contribution in [1.82, 2.24) is 4.98 Å². The van der Waals surface area contributed by atoms with E-state index in [1.807, 2.05) is 30.3 Å². The predicted octanol–water partition coefficient (Wildman–Crippen LogP) is 4.49. The number of aromatic nitrogens is 1. The zero-order valence-corrected chi connectivity index (χ0v) is 17.3. The van der Waals surface area contributed by atoms with Crippen LogP contribution in [0.5, 0.6) is 0 Å². The lowest BCUT2D eigenvalue weighted by molar-refractivity contribution is 0.00974. The summed E-state index contributed by atoms with van der Waals surface area (Å²) in [5.41, 5.74) is 0.914. The highest BCUT2D eigenvalue weighted by molar-refractivity contribution is 7.92. The summed E-state index contributed by atoms with van der Waals surface area (Å²) >= 11 is 0. The molecule has 1 saturated heterocycles. The zero-order valence-electron chi connectivity index (χ0n) is 16.5. The fourth-order valence-corrected chi connectivity index (χ4v) is 4.47. The highest BCUT2D eigenvalue weighted by Crippen LogP contribution is 2.29. The molecular formula is C22H21F2N3O3S. The van der Waals surface area contributed by atoms with Crippen molar-refractivity contribution in [3.05, 3.63) is 84.1 Å². The molecule has 1 aliphatic rings. The summed E-state index contributed by atoms with van der Waals surface area (Å²) in [4.78, 5) is 4.08. The van der Waals surface area contributed by atoms with Crippen molar-refractivity contribution in [1.29, 1.82) is 0 Å². The first-order chi connectivity index (χ1) is 14.9. The molecule has 2 heterocycles. The number of hydrogen-bond donors (Lipinski definition) is 2. The van der Waals surface area contributed by atoms with E-state index in [2.05, 4.69) is 15.0 Å². The molecule has 6 nitrogen and oxygen atoms in total. The quantitative estimate of drug-likeness (QED) is 0.584. The van der Waals surface area contributed by atoms with Crippen LogP contribution in [0.1, 0.15) is 24.5 Å². The molecule has 162 valence electrons. The van der Waals surface area contributed by atoms with Crippen LogP contribution in [0.25, 0.3) is 0 Å². The highest BCUT2D eigenvalue weighted by atomic mass is 32.2. The Morgan fingerprint density at radius 3 is 2.42 bits per heavy atom. The van der Waals surface area contributed by atoms with Crippen LogP contribution in [0.3, 0.4) is 0 Å². The molecule has 0 saturated carbocycles. The molecule has 2 unspecified atom stereocenters. The Morgan fingerprint density at radius 1 is 1.00 bits per heavy atom. The molecule has 1 aromatic heterocycles. The first-order valence-corrected chi connectivity index (χ1v) is 11.3. The number of pyridine rings is 1. The highest BCUT2D eigenvalue weighted by Gasteiger charge is 2.24. The molecule has 1 fully saturated rings. The van der Waals surface area contributed by atoms with Crippen molar-refractivity contribution >= 4 is 21.5 Å². The molecule has 1 aliphatic heterocycles. The number of benzene rings is 2. The lowest BCUT2D eigenvalue weighted by Crippen LogP contribution is -2.30. The van der Waals surface area contributed by atoms with Crippen molar-refractivity contribution in [3.63, 3.8) is 0 Å². The Morgan fingerprint density at radius 2 is 1.74 bits per heavy atom. The van der Waals surface area contributed by atoms with E-state index in [0.717, 1.165) is 30.5 Å². The van der Waals surface area contributed by atoms with Crippen molar-refractivity contribution in [2.45, 2.75) is 29.9 Å². The van der Waals surface area contributed by atoms with Crippen LogP contribution in [0.15, 0.2) is 71.8 Å². The van der Waals surface area contributed by atoms with E-state index >= 15 is 0 Å². The summed E-state index contributed by atoms with van der Waals surface area (Å²) in [7, 11) is -4.04. The molecular weight excluding hydrogens is 424 g/mol. The van der Waals surface area contributed by atoms with E-state index < -0.39 is 21.7 Å². The van der Waals surface area contributed by atoms with Gasteiger partial charge in [-0.25, -0.2) is 22.2 Å². The Labute approximate surface area is 179 Å². The Hall–Kier alpha value is -3.04. The molecule has 2 N–H and O–H groups in total. The summed E-state index contributed by atoms with van der Waals surface area (Å²) < 4.78 is 59.6. The monoisotopic (exact) mass is 445 g/mol. The maximum Gasteiger partial charge on any atom is 0.263 e. The SMILES string of the molecule is O=S(=O)(Nc1cc(F)cc(F)c1)c1ccc(NC2CCOC(c3ccccc3)C2)nc1. The van der Waals surface area contributed by atoms with E-state index in [0.29, 0.717) is 18.5 Å². The second kappa shape index (κ2) is 8.99. The number of anilines is 2. The van der Waals surface area contributed by atoms with Gasteiger partial charge in [0.2, 0.25) is 0 Å². The molecule has 31 heavy (non-hydrogen) atoms. The third-order valence-electron chi connectivity index (χ3n) is 4.97. The van der Waals surface area contributed by atoms with Crippen molar-refractivity contribution in [3.8, 4) is 0 Å². The third-order valence-corrected chi connectivity index (χ3v) is 6.34. The van der Waals surface area contributed by atoms with Gasteiger partial charge in [-0.15, -0.1) is 0 Å². The van der Waals surface area contributed by atoms with Gasteiger partial charge in [0.15, 0.2) is 0 Å². The second-order valence-corrected chi connectivity index (χ2v) is 8.96. The molecule has 3 aromatic rings. The smallest absolute Gasteiger partial charge is 0.263 e. The lowest BCUT2D eigenvalue weighted by atomic mass is 9.97. The van der Waals surface area contributed by atoms with Crippen molar-refractivity contribution in [2.24, 2.45) is 0 Å². The minimum absolute atomic E-state index is 0.0111. The van der Waals surface area contributed by atoms with Gasteiger partial charge in [0, 0.05) is 24.9 Å². The lowest BCUT2D eigenvalue weighted by Gasteiger charge is -2.30. The Balaban J connectivity index is 1.42. The Bertz CT molecular complexity index is 1120. The van der Waals surface area contributed by atoms with Gasteiger partial charge in [0.1, 0.15) is 22.3 Å². The summed E-state index contributed by atoms with van der Waals surface area (Å²) in [6.07, 6.45) is 2.76. The Kier molecular flexibility index (Phi) is 6.15. The third kappa shape index (κ3) is 5.36. The topological polar surface area (TPSA) is 80.3 Å². The first-order valence-electron chi connectivity index (χ1n) is 9.77. The molecule has 2 aromatic carbocycles. The predicted molar refractivity (Wildman–Crippen MR) is 113 cm³/mol. The fraction of sp³-hybridized carbons (Fsp3) is 0.227. The van der Waals surface area contributed by atoms with E-state index in [1.54, 1.807) is 6.07 Å². The van der Waals surface area contributed by atoms with Crippen molar-refractivity contribution in [2.75, 3.05) is 16.6 Å². The minimum atomic E-state index is -4.04. The largest absolute Gasteiger partial charge is 0.373 e. The van der Waals surface area contributed by atoms with Gasteiger partial charge >= 0.3 is 0 Å². The number of ether oxygens (including phenoxy) is 1. The molecule has 4 rings (SSSR count). The maximum atomic E-state index is 13.3. The molecule has 0 amide bonds. The molecule has 0 bridgehead atoms. The number of hydrogen-bond acceptors (Lipinski definition) is 5. The van der Waals surface area contributed by atoms with E-state index in [9.17, 15) is 17.2 Å². The van der Waals surface area contributed by atoms with Gasteiger partial charge in [-0.2, -0.15) is 0 Å². The number of nitrogens with one attached hydrogen (secondary N) is 2. The second-order valence-electron chi connectivity index (χ2n) is 7.28. The van der Waals surface area contributed by atoms with E-state index in [4.69, 9.17) is 4.74 Å². The van der Waals surface area contributed by atoms with Crippen LogP contribution in [-0.4, -0.2) is 26.1 Å². The van der Waals surface area contributed by atoms with Gasteiger partial charge in [-0.3, -0.25) is 4.72 Å². The number of nitrogens with zero attached hydrogens (tertiary/aromatic N) is 1. The van der Waals surface area contributed by atoms with Crippen LogP contribution >= 0.6 is 0 Å². The fourth-order valence-electron chi connectivity index (χ4n) is 3.49. The van der Waals surface area contributed by atoms with E-state index in [1.165, 1.54) is 12.3 Å². The standard InChI is InChI=1S/C22H21F2N3O3S/c23-16-10-17(24)12-19(11-16)27-31(28,29)20-6-7-22(25-14-20)26-18-8-9-30-21(13-18)15-4-2-1-3-5-15/h1-7,10-12,14,18,21,27H,8-9,13H2,(H,25,26). The van der Waals surface area contributed by atoms with Crippen molar-refractivity contribution < 1.29 is 21.9 Å². The minimum Gasteiger partial charge on any atom is -0.373 e. The molecule has 9 heteroatoms. The molecule has 0 radical (unpaired) electrons. The van der Waals surface area contributed by atoms with Gasteiger partial charge < -0.3 is 10.1 Å². The average Bonchev–Trinajstić information content (AvgIpc) is 2.74. The summed E-state index contributed by atoms with van der Waals surface area (Å²) in [6.45, 7) is 0.609. The summed E-state index contributed by atoms with van der Waals surface area (Å²) in [5.74, 6) is -1.21. The number of rotatable bonds is 6. The van der Waals surface area contributed by atoms with Gasteiger partial charge in [0.25, 0.3) is 10.0 Å². The zero-order chi connectivity index (χ0) is 21.8.